The Hall–Kier alpha value is -2.32. The monoisotopic (exact) mass is 316 g/mol. The van der Waals surface area contributed by atoms with E-state index in [4.69, 9.17) is 32.7 Å². The van der Waals surface area contributed by atoms with E-state index in [9.17, 15) is 0 Å². The van der Waals surface area contributed by atoms with Crippen molar-refractivity contribution in [2.75, 3.05) is 13.2 Å². The molecule has 116 valence electrons. The van der Waals surface area contributed by atoms with Crippen molar-refractivity contribution in [3.8, 4) is 17.6 Å². The quantitative estimate of drug-likeness (QED) is 0.344. The minimum Gasteiger partial charge on any atom is -0.490 e. The maximum absolute atomic E-state index is 9.08. The van der Waals surface area contributed by atoms with Crippen molar-refractivity contribution in [3.63, 3.8) is 0 Å². The normalized spacial score (nSPS) is 10.7. The van der Waals surface area contributed by atoms with E-state index in [-0.39, 0.29) is 10.6 Å². The summed E-state index contributed by atoms with van der Waals surface area (Å²) < 4.78 is 11.4. The van der Waals surface area contributed by atoms with Crippen LogP contribution in [0.5, 0.6) is 11.5 Å². The Kier molecular flexibility index (Phi) is 7.14. The molecule has 0 aliphatic carbocycles. The largest absolute Gasteiger partial charge is 0.490 e. The lowest BCUT2D eigenvalue weighted by Gasteiger charge is -2.16. The third kappa shape index (κ3) is 4.61. The van der Waals surface area contributed by atoms with Crippen molar-refractivity contribution in [1.82, 2.24) is 0 Å². The number of ether oxygens (including phenoxy) is 2. The smallest absolute Gasteiger partial charge is 0.164 e. The number of nitrogens with two attached hydrogens (primary N) is 1. The first-order valence-electron chi connectivity index (χ1n) is 7.02. The molecule has 0 aromatic heterocycles. The molecule has 0 aliphatic rings. The van der Waals surface area contributed by atoms with Crippen molar-refractivity contribution < 1.29 is 9.47 Å². The summed E-state index contributed by atoms with van der Waals surface area (Å²) in [5.41, 5.74) is 7.51. The molecule has 0 spiro atoms. The second-order valence-corrected chi connectivity index (χ2v) is 4.84. The molecule has 0 heterocycles. The van der Waals surface area contributed by atoms with Crippen LogP contribution < -0.4 is 15.2 Å². The molecule has 0 saturated heterocycles. The highest BCUT2D eigenvalue weighted by Gasteiger charge is 2.13. The Bertz CT molecular complexity index is 630. The molecule has 0 atom stereocenters. The van der Waals surface area contributed by atoms with Gasteiger partial charge in [0.1, 0.15) is 11.1 Å². The highest BCUT2D eigenvalue weighted by Crippen LogP contribution is 2.34. The maximum atomic E-state index is 9.08. The van der Waals surface area contributed by atoms with Gasteiger partial charge in [0.05, 0.1) is 18.8 Å². The second-order valence-electron chi connectivity index (χ2n) is 4.40. The summed E-state index contributed by atoms with van der Waals surface area (Å²) in [6, 6.07) is 5.73. The Morgan fingerprint density at radius 1 is 1.36 bits per heavy atom. The molecule has 0 saturated carbocycles. The zero-order valence-corrected chi connectivity index (χ0v) is 13.7. The van der Waals surface area contributed by atoms with Crippen LogP contribution >= 0.6 is 12.2 Å². The first kappa shape index (κ1) is 17.7. The number of thiocarbonyl (C=S) groups is 1. The van der Waals surface area contributed by atoms with E-state index in [0.717, 1.165) is 11.1 Å². The van der Waals surface area contributed by atoms with Gasteiger partial charge in [0.25, 0.3) is 0 Å². The molecule has 2 N–H and O–H groups in total. The molecule has 0 bridgehead atoms. The van der Waals surface area contributed by atoms with Gasteiger partial charge in [-0.25, -0.2) is 0 Å². The summed E-state index contributed by atoms with van der Waals surface area (Å²) >= 11 is 4.87. The number of allylic oxidation sites excluding steroid dienone is 1. The Balaban J connectivity index is 3.45. The SMILES string of the molecule is C=CCc1cc(/C=C(\C#N)C(N)=S)cc(OCC)c1OCC. The Labute approximate surface area is 136 Å². The second kappa shape index (κ2) is 8.85. The molecule has 1 aromatic carbocycles. The number of rotatable bonds is 8. The van der Waals surface area contributed by atoms with Crippen LogP contribution in [0.15, 0.2) is 30.4 Å². The molecular formula is C17H20N2O2S. The van der Waals surface area contributed by atoms with Crippen LogP contribution in [0.3, 0.4) is 0 Å². The third-order valence-corrected chi connectivity index (χ3v) is 3.02. The summed E-state index contributed by atoms with van der Waals surface area (Å²) in [6.07, 6.45) is 4.07. The first-order chi connectivity index (χ1) is 10.6. The lowest BCUT2D eigenvalue weighted by atomic mass is 10.0. The summed E-state index contributed by atoms with van der Waals surface area (Å²) in [4.78, 5) is 0.0691. The van der Waals surface area contributed by atoms with E-state index < -0.39 is 0 Å². The maximum Gasteiger partial charge on any atom is 0.164 e. The van der Waals surface area contributed by atoms with Crippen molar-refractivity contribution >= 4 is 23.3 Å². The van der Waals surface area contributed by atoms with Gasteiger partial charge in [-0.05, 0) is 44.0 Å². The van der Waals surface area contributed by atoms with Crippen molar-refractivity contribution in [1.29, 1.82) is 5.26 Å². The van der Waals surface area contributed by atoms with Crippen LogP contribution in [-0.2, 0) is 6.42 Å². The van der Waals surface area contributed by atoms with Gasteiger partial charge in [-0.1, -0.05) is 18.3 Å². The zero-order chi connectivity index (χ0) is 16.5. The third-order valence-electron chi connectivity index (χ3n) is 2.80. The fourth-order valence-electron chi connectivity index (χ4n) is 1.97. The van der Waals surface area contributed by atoms with Crippen LogP contribution in [0.4, 0.5) is 0 Å². The van der Waals surface area contributed by atoms with Crippen LogP contribution in [0.1, 0.15) is 25.0 Å². The van der Waals surface area contributed by atoms with Crippen molar-refractivity contribution in [2.45, 2.75) is 20.3 Å². The molecule has 0 fully saturated rings. The molecule has 4 nitrogen and oxygen atoms in total. The Morgan fingerprint density at radius 2 is 2.05 bits per heavy atom. The number of hydrogen-bond donors (Lipinski definition) is 1. The summed E-state index contributed by atoms with van der Waals surface area (Å²) in [7, 11) is 0. The van der Waals surface area contributed by atoms with E-state index in [1.165, 1.54) is 0 Å². The number of nitriles is 1. The minimum absolute atomic E-state index is 0.0691. The fraction of sp³-hybridized carbons (Fsp3) is 0.294. The lowest BCUT2D eigenvalue weighted by molar-refractivity contribution is 0.285. The highest BCUT2D eigenvalue weighted by atomic mass is 32.1. The average molecular weight is 316 g/mol. The van der Waals surface area contributed by atoms with Gasteiger partial charge >= 0.3 is 0 Å². The zero-order valence-electron chi connectivity index (χ0n) is 12.9. The first-order valence-corrected chi connectivity index (χ1v) is 7.43. The van der Waals surface area contributed by atoms with E-state index >= 15 is 0 Å². The van der Waals surface area contributed by atoms with Gasteiger partial charge < -0.3 is 15.2 Å². The standard InChI is InChI=1S/C17H20N2O2S/c1-4-7-13-8-12(9-14(11-18)17(19)22)10-15(20-5-2)16(13)21-6-3/h4,8-10H,1,5-7H2,2-3H3,(H2,19,22)/b14-9+. The molecule has 5 heteroatoms. The highest BCUT2D eigenvalue weighted by molar-refractivity contribution is 7.80. The summed E-state index contributed by atoms with van der Waals surface area (Å²) in [5.74, 6) is 1.34. The van der Waals surface area contributed by atoms with E-state index in [1.807, 2.05) is 32.0 Å². The van der Waals surface area contributed by atoms with E-state index in [1.54, 1.807) is 12.2 Å². The topological polar surface area (TPSA) is 68.3 Å². The van der Waals surface area contributed by atoms with Gasteiger partial charge in [0.15, 0.2) is 11.5 Å². The number of nitrogens with zero attached hydrogens (tertiary/aromatic N) is 1. The van der Waals surface area contributed by atoms with E-state index in [0.29, 0.717) is 31.1 Å². The summed E-state index contributed by atoms with van der Waals surface area (Å²) in [6.45, 7) is 8.64. The van der Waals surface area contributed by atoms with Gasteiger partial charge in [0, 0.05) is 5.56 Å². The molecule has 0 unspecified atom stereocenters. The average Bonchev–Trinajstić information content (AvgIpc) is 2.48. The fourth-order valence-corrected chi connectivity index (χ4v) is 2.07. The lowest BCUT2D eigenvalue weighted by Crippen LogP contribution is -2.09. The van der Waals surface area contributed by atoms with Crippen molar-refractivity contribution in [2.24, 2.45) is 5.73 Å². The van der Waals surface area contributed by atoms with Gasteiger partial charge in [-0.15, -0.1) is 6.58 Å². The Morgan fingerprint density at radius 3 is 2.55 bits per heavy atom. The molecule has 0 amide bonds. The molecular weight excluding hydrogens is 296 g/mol. The predicted molar refractivity (Wildman–Crippen MR) is 93.1 cm³/mol. The molecule has 0 aliphatic heterocycles. The van der Waals surface area contributed by atoms with Crippen molar-refractivity contribution in [3.05, 3.63) is 41.5 Å². The number of hydrogen-bond acceptors (Lipinski definition) is 4. The van der Waals surface area contributed by atoms with Gasteiger partial charge in [0.2, 0.25) is 0 Å². The summed E-state index contributed by atoms with van der Waals surface area (Å²) in [5, 5.41) is 9.08. The molecule has 22 heavy (non-hydrogen) atoms. The van der Waals surface area contributed by atoms with Crippen LogP contribution in [0.2, 0.25) is 0 Å². The molecule has 0 radical (unpaired) electrons. The van der Waals surface area contributed by atoms with Crippen LogP contribution in [-0.4, -0.2) is 18.2 Å². The minimum atomic E-state index is 0.0691. The van der Waals surface area contributed by atoms with Gasteiger partial charge in [-0.3, -0.25) is 0 Å². The molecule has 1 rings (SSSR count). The van der Waals surface area contributed by atoms with E-state index in [2.05, 4.69) is 6.58 Å². The number of benzene rings is 1. The van der Waals surface area contributed by atoms with Crippen LogP contribution in [0, 0.1) is 11.3 Å². The van der Waals surface area contributed by atoms with Crippen LogP contribution in [0.25, 0.3) is 6.08 Å². The molecule has 1 aromatic rings. The van der Waals surface area contributed by atoms with Gasteiger partial charge in [-0.2, -0.15) is 5.26 Å². The predicted octanol–water partition coefficient (Wildman–Crippen LogP) is 3.41.